The largest absolute Gasteiger partial charge is 0.441 e. The first-order chi connectivity index (χ1) is 14.0. The molecule has 2 aliphatic heterocycles. The summed E-state index contributed by atoms with van der Waals surface area (Å²) >= 11 is 0. The molecule has 1 fully saturated rings. The Balaban J connectivity index is 1.56. The first kappa shape index (κ1) is 18.7. The number of fused-ring (bicyclic) bond motifs is 3. The number of aliphatic hydroxyl groups is 1. The Hall–Kier alpha value is -3.61. The van der Waals surface area contributed by atoms with E-state index in [1.54, 1.807) is 17.2 Å². The molecule has 2 aromatic rings. The van der Waals surface area contributed by atoms with E-state index in [4.69, 9.17) is 21.6 Å². The fraction of sp³-hybridized carbons (Fsp3) is 0.250. The van der Waals surface area contributed by atoms with Crippen molar-refractivity contribution in [2.45, 2.75) is 25.0 Å². The van der Waals surface area contributed by atoms with Crippen molar-refractivity contribution >= 4 is 17.6 Å². The summed E-state index contributed by atoms with van der Waals surface area (Å²) in [5.41, 5.74) is 9.74. The average Bonchev–Trinajstić information content (AvgIpc) is 3.24. The van der Waals surface area contributed by atoms with E-state index in [1.807, 2.05) is 30.3 Å². The number of carbonyl (C=O) groups is 1. The maximum Gasteiger partial charge on any atom is 0.415 e. The zero-order valence-electron chi connectivity index (χ0n) is 15.5. The lowest BCUT2D eigenvalue weighted by Gasteiger charge is -2.15. The Morgan fingerprint density at radius 3 is 2.90 bits per heavy atom. The number of hydrogen-bond acceptors (Lipinski definition) is 8. The van der Waals surface area contributed by atoms with Gasteiger partial charge in [-0.1, -0.05) is 6.07 Å². The number of anilines is 2. The van der Waals surface area contributed by atoms with Crippen LogP contribution in [-0.4, -0.2) is 34.9 Å². The van der Waals surface area contributed by atoms with E-state index in [-0.39, 0.29) is 19.1 Å². The molecule has 1 aromatic carbocycles. The number of nitriles is 1. The van der Waals surface area contributed by atoms with Gasteiger partial charge in [-0.25, -0.2) is 15.6 Å². The van der Waals surface area contributed by atoms with E-state index in [9.17, 15) is 9.90 Å². The molecule has 1 aromatic heterocycles. The minimum absolute atomic E-state index is 0.0869. The SMILES string of the molecule is N#CC/C(N)=C/N(N)c1ccc(-c2ccc3c(c2)C[C@H]2[C@H](CO)OC(=O)N32)cn1. The van der Waals surface area contributed by atoms with Crippen molar-refractivity contribution in [3.05, 3.63) is 54.0 Å². The Morgan fingerprint density at radius 1 is 1.41 bits per heavy atom. The molecule has 0 saturated carbocycles. The predicted molar refractivity (Wildman–Crippen MR) is 106 cm³/mol. The van der Waals surface area contributed by atoms with Crippen LogP contribution < -0.4 is 21.5 Å². The lowest BCUT2D eigenvalue weighted by molar-refractivity contribution is 0.0830. The monoisotopic (exact) mass is 392 g/mol. The fourth-order valence-electron chi connectivity index (χ4n) is 3.71. The molecule has 148 valence electrons. The van der Waals surface area contributed by atoms with E-state index in [1.165, 1.54) is 11.2 Å². The highest BCUT2D eigenvalue weighted by Gasteiger charge is 2.47. The van der Waals surface area contributed by atoms with Crippen molar-refractivity contribution in [2.75, 3.05) is 16.5 Å². The molecule has 3 heterocycles. The number of hydrazine groups is 1. The van der Waals surface area contributed by atoms with Crippen molar-refractivity contribution in [3.8, 4) is 17.2 Å². The Kier molecular flexibility index (Phi) is 4.80. The molecule has 5 N–H and O–H groups in total. The molecule has 0 aliphatic carbocycles. The number of ether oxygens (including phenoxy) is 1. The zero-order chi connectivity index (χ0) is 20.5. The number of rotatable bonds is 5. The van der Waals surface area contributed by atoms with Gasteiger partial charge in [0.1, 0.15) is 11.9 Å². The summed E-state index contributed by atoms with van der Waals surface area (Å²) in [5.74, 6) is 6.41. The first-order valence-electron chi connectivity index (χ1n) is 9.09. The molecular formula is C20H20N6O3. The number of carbonyl (C=O) groups excluding carboxylic acids is 1. The van der Waals surface area contributed by atoms with Crippen molar-refractivity contribution in [1.29, 1.82) is 5.26 Å². The van der Waals surface area contributed by atoms with Crippen LogP contribution >= 0.6 is 0 Å². The van der Waals surface area contributed by atoms with Gasteiger partial charge in [-0.05, 0) is 41.8 Å². The first-order valence-corrected chi connectivity index (χ1v) is 9.09. The number of amides is 1. The second kappa shape index (κ2) is 7.43. The van der Waals surface area contributed by atoms with Gasteiger partial charge in [0, 0.05) is 23.7 Å². The number of hydrogen-bond donors (Lipinski definition) is 3. The van der Waals surface area contributed by atoms with E-state index < -0.39 is 12.2 Å². The number of nitrogens with two attached hydrogens (primary N) is 2. The summed E-state index contributed by atoms with van der Waals surface area (Å²) in [5, 5.41) is 19.4. The molecule has 0 spiro atoms. The highest BCUT2D eigenvalue weighted by atomic mass is 16.6. The average molecular weight is 392 g/mol. The van der Waals surface area contributed by atoms with Gasteiger partial charge < -0.3 is 15.6 Å². The molecule has 29 heavy (non-hydrogen) atoms. The number of nitrogens with zero attached hydrogens (tertiary/aromatic N) is 4. The van der Waals surface area contributed by atoms with Gasteiger partial charge in [0.2, 0.25) is 0 Å². The number of benzene rings is 1. The number of aliphatic hydroxyl groups excluding tert-OH is 1. The second-order valence-corrected chi connectivity index (χ2v) is 6.94. The Labute approximate surface area is 167 Å². The van der Waals surface area contributed by atoms with E-state index in [2.05, 4.69) is 4.98 Å². The van der Waals surface area contributed by atoms with E-state index in [0.717, 1.165) is 22.4 Å². The lowest BCUT2D eigenvalue weighted by atomic mass is 10.0. The van der Waals surface area contributed by atoms with Crippen LogP contribution in [0.25, 0.3) is 11.1 Å². The second-order valence-electron chi connectivity index (χ2n) is 6.94. The summed E-state index contributed by atoms with van der Waals surface area (Å²) in [4.78, 5) is 18.1. The smallest absolute Gasteiger partial charge is 0.415 e. The van der Waals surface area contributed by atoms with E-state index >= 15 is 0 Å². The third-order valence-corrected chi connectivity index (χ3v) is 5.09. The molecular weight excluding hydrogens is 372 g/mol. The predicted octanol–water partition coefficient (Wildman–Crippen LogP) is 1.38. The summed E-state index contributed by atoms with van der Waals surface area (Å²) in [7, 11) is 0. The van der Waals surface area contributed by atoms with Crippen molar-refractivity contribution in [3.63, 3.8) is 0 Å². The van der Waals surface area contributed by atoms with Gasteiger partial charge in [0.15, 0.2) is 0 Å². The third-order valence-electron chi connectivity index (χ3n) is 5.09. The number of cyclic esters (lactones) is 1. The Bertz CT molecular complexity index is 1010. The van der Waals surface area contributed by atoms with Gasteiger partial charge in [-0.15, -0.1) is 0 Å². The number of pyridine rings is 1. The van der Waals surface area contributed by atoms with Crippen molar-refractivity contribution in [1.82, 2.24) is 4.98 Å². The third kappa shape index (κ3) is 3.35. The molecule has 0 radical (unpaired) electrons. The minimum atomic E-state index is -0.503. The van der Waals surface area contributed by atoms with Crippen molar-refractivity contribution in [2.24, 2.45) is 11.6 Å². The summed E-state index contributed by atoms with van der Waals surface area (Å²) < 4.78 is 5.21. The van der Waals surface area contributed by atoms with Crippen LogP contribution in [0, 0.1) is 11.3 Å². The number of allylic oxidation sites excluding steroid dienone is 1. The minimum Gasteiger partial charge on any atom is -0.441 e. The molecule has 4 rings (SSSR count). The fourth-order valence-corrected chi connectivity index (χ4v) is 3.71. The quantitative estimate of drug-likeness (QED) is 0.512. The normalized spacial score (nSPS) is 20.1. The van der Waals surface area contributed by atoms with Crippen LogP contribution in [0.5, 0.6) is 0 Å². The van der Waals surface area contributed by atoms with Crippen LogP contribution in [0.1, 0.15) is 12.0 Å². The van der Waals surface area contributed by atoms with Gasteiger partial charge in [0.25, 0.3) is 0 Å². The highest BCUT2D eigenvalue weighted by Crippen LogP contribution is 2.40. The zero-order valence-corrected chi connectivity index (χ0v) is 15.5. The van der Waals surface area contributed by atoms with Crippen LogP contribution in [0.4, 0.5) is 16.3 Å². The summed E-state index contributed by atoms with van der Waals surface area (Å²) in [6, 6.07) is 11.3. The molecule has 0 bridgehead atoms. The van der Waals surface area contributed by atoms with Crippen molar-refractivity contribution < 1.29 is 14.6 Å². The Morgan fingerprint density at radius 2 is 2.21 bits per heavy atom. The molecule has 0 unspecified atom stereocenters. The van der Waals surface area contributed by atoms with Gasteiger partial charge in [-0.3, -0.25) is 9.91 Å². The standard InChI is InChI=1S/C20H20N6O3/c21-6-5-15(22)10-25(23)19-4-2-13(9-24-19)12-1-3-16-14(7-12)8-17-18(11-27)29-20(28)26(16)17/h1-4,7,9-10,17-18,27H,5,8,11,22-23H2/b15-10-/t17-,18-/m0/s1. The molecule has 2 aliphatic rings. The van der Waals surface area contributed by atoms with Crippen LogP contribution in [-0.2, 0) is 11.2 Å². The summed E-state index contributed by atoms with van der Waals surface area (Å²) in [6.07, 6.45) is 2.96. The topological polar surface area (TPSA) is 142 Å². The molecule has 1 saturated heterocycles. The van der Waals surface area contributed by atoms with E-state index in [0.29, 0.717) is 17.9 Å². The van der Waals surface area contributed by atoms with Gasteiger partial charge >= 0.3 is 6.09 Å². The maximum absolute atomic E-state index is 12.1. The molecule has 2 atom stereocenters. The summed E-state index contributed by atoms with van der Waals surface area (Å²) in [6.45, 7) is -0.192. The van der Waals surface area contributed by atoms with Gasteiger partial charge in [0.05, 0.1) is 30.8 Å². The highest BCUT2D eigenvalue weighted by molar-refractivity contribution is 5.94. The molecule has 9 heteroatoms. The maximum atomic E-state index is 12.1. The van der Waals surface area contributed by atoms with Crippen LogP contribution in [0.3, 0.4) is 0 Å². The molecule has 1 amide bonds. The lowest BCUT2D eigenvalue weighted by Crippen LogP contribution is -2.34. The van der Waals surface area contributed by atoms with Crippen LogP contribution in [0.2, 0.25) is 0 Å². The van der Waals surface area contributed by atoms with Gasteiger partial charge in [-0.2, -0.15) is 5.26 Å². The number of aromatic nitrogens is 1. The molecule has 9 nitrogen and oxygen atoms in total. The van der Waals surface area contributed by atoms with Crippen LogP contribution in [0.15, 0.2) is 48.4 Å².